The van der Waals surface area contributed by atoms with Crippen molar-refractivity contribution in [3.8, 4) is 0 Å². The van der Waals surface area contributed by atoms with Crippen LogP contribution in [0, 0.1) is 24.7 Å². The molecule has 0 amide bonds. The molecule has 7 rings (SSSR count). The fourth-order valence-corrected chi connectivity index (χ4v) is 11.2. The third-order valence-electron chi connectivity index (χ3n) is 9.70. The first-order valence-electron chi connectivity index (χ1n) is 13.7. The Bertz CT molecular complexity index is 1460. The van der Waals surface area contributed by atoms with Crippen molar-refractivity contribution >= 4 is 31.6 Å². The van der Waals surface area contributed by atoms with Gasteiger partial charge in [-0.2, -0.15) is 4.31 Å². The summed E-state index contributed by atoms with van der Waals surface area (Å²) in [5.74, 6) is -0.0446. The average molecular weight is 554 g/mol. The number of nitrogens with zero attached hydrogens (tertiary/aromatic N) is 3. The molecule has 1 N–H and O–H groups in total. The number of likely N-dealkylation sites (tertiary alicyclic amines) is 1. The largest absolute Gasteiger partial charge is 0.393 e. The summed E-state index contributed by atoms with van der Waals surface area (Å²) in [5.41, 5.74) is 0.812. The molecule has 1 spiro atoms. The Balaban J connectivity index is 1.29. The zero-order valence-electron chi connectivity index (χ0n) is 22.1. The number of benzene rings is 2. The summed E-state index contributed by atoms with van der Waals surface area (Å²) in [6, 6.07) is 15.4. The Hall–Kier alpha value is -1.88. The van der Waals surface area contributed by atoms with Gasteiger partial charge in [0.2, 0.25) is 10.0 Å². The summed E-state index contributed by atoms with van der Waals surface area (Å²) >= 11 is 1.71. The number of aromatic nitrogens is 1. The van der Waals surface area contributed by atoms with Crippen LogP contribution in [0.4, 0.5) is 0 Å². The van der Waals surface area contributed by atoms with E-state index in [4.69, 9.17) is 9.72 Å². The summed E-state index contributed by atoms with van der Waals surface area (Å²) in [6.45, 7) is 8.65. The van der Waals surface area contributed by atoms with Gasteiger partial charge in [-0.05, 0) is 49.9 Å². The first-order chi connectivity index (χ1) is 18.1. The molecule has 4 fully saturated rings. The van der Waals surface area contributed by atoms with E-state index in [0.717, 1.165) is 22.6 Å². The molecular formula is C29H35N3O4S2. The monoisotopic (exact) mass is 553 g/mol. The zero-order valence-corrected chi connectivity index (χ0v) is 23.7. The van der Waals surface area contributed by atoms with E-state index >= 15 is 0 Å². The summed E-state index contributed by atoms with van der Waals surface area (Å²) in [4.78, 5) is 7.59. The number of aliphatic hydroxyl groups excluding tert-OH is 1. The lowest BCUT2D eigenvalue weighted by Crippen LogP contribution is -2.60. The van der Waals surface area contributed by atoms with E-state index in [0.29, 0.717) is 37.4 Å². The number of morpholine rings is 1. The molecule has 3 saturated heterocycles. The molecule has 7 nitrogen and oxygen atoms in total. The van der Waals surface area contributed by atoms with Gasteiger partial charge in [-0.25, -0.2) is 13.4 Å². The minimum absolute atomic E-state index is 0.0515. The van der Waals surface area contributed by atoms with E-state index in [1.807, 2.05) is 37.3 Å². The highest BCUT2D eigenvalue weighted by Gasteiger charge is 2.76. The van der Waals surface area contributed by atoms with Crippen LogP contribution < -0.4 is 0 Å². The number of sulfonamides is 1. The van der Waals surface area contributed by atoms with Crippen LogP contribution in [0.15, 0.2) is 53.4 Å². The number of fused-ring (bicyclic) bond motifs is 3. The third-order valence-corrected chi connectivity index (χ3v) is 12.6. The van der Waals surface area contributed by atoms with E-state index in [9.17, 15) is 13.5 Å². The highest BCUT2D eigenvalue weighted by atomic mass is 32.2. The SMILES string of the molecule is Cc1ccc(S(=O)(=O)N2C[C@@]34CN(Cc5nc6ccccc6s5)C[C@@H](O3)[C@@H]3[C@H]4[C@@]2(C(C)C)CC[C@@H]3O)cc1. The Morgan fingerprint density at radius 2 is 1.92 bits per heavy atom. The summed E-state index contributed by atoms with van der Waals surface area (Å²) in [6.07, 6.45) is 0.643. The van der Waals surface area contributed by atoms with Crippen molar-refractivity contribution in [2.45, 2.75) is 68.4 Å². The van der Waals surface area contributed by atoms with Crippen LogP contribution >= 0.6 is 11.3 Å². The fourth-order valence-electron chi connectivity index (χ4n) is 8.23. The molecule has 3 aromatic rings. The van der Waals surface area contributed by atoms with Gasteiger partial charge in [0.25, 0.3) is 0 Å². The van der Waals surface area contributed by atoms with Gasteiger partial charge in [-0.3, -0.25) is 4.90 Å². The molecule has 3 aliphatic heterocycles. The molecule has 1 aromatic heterocycles. The van der Waals surface area contributed by atoms with Gasteiger partial charge in [0.15, 0.2) is 0 Å². The number of aryl methyl sites for hydroxylation is 1. The standard InChI is InChI=1S/C29H35N3O4S2/c1-18(2)29-13-12-22(33)26-23-14-31(15-25-30-21-6-4-5-7-24(21)37-25)16-28(36-23,27(26)29)17-32(29)38(34,35)20-10-8-19(3)9-11-20/h4-11,18,22-23,26-27,33H,12-17H2,1-3H3/t22-,23+,26+,27+,28+,29-/m0/s1. The normalized spacial score (nSPS) is 35.3. The second-order valence-electron chi connectivity index (χ2n) is 12.1. The fraction of sp³-hybridized carbons (Fsp3) is 0.552. The number of hydrogen-bond acceptors (Lipinski definition) is 7. The minimum Gasteiger partial charge on any atom is -0.393 e. The molecule has 6 atom stereocenters. The van der Waals surface area contributed by atoms with Crippen LogP contribution in [0.25, 0.3) is 10.2 Å². The van der Waals surface area contributed by atoms with Crippen LogP contribution in [0.3, 0.4) is 0 Å². The molecule has 4 aliphatic rings. The Kier molecular flexibility index (Phi) is 5.66. The van der Waals surface area contributed by atoms with Crippen molar-refractivity contribution in [3.63, 3.8) is 0 Å². The summed E-state index contributed by atoms with van der Waals surface area (Å²) < 4.78 is 38.4. The van der Waals surface area contributed by atoms with Crippen LogP contribution in [0.2, 0.25) is 0 Å². The molecule has 0 unspecified atom stereocenters. The number of ether oxygens (including phenoxy) is 1. The minimum atomic E-state index is -3.76. The predicted octanol–water partition coefficient (Wildman–Crippen LogP) is 4.04. The van der Waals surface area contributed by atoms with Gasteiger partial charge in [0.05, 0.1) is 33.9 Å². The Morgan fingerprint density at radius 1 is 1.16 bits per heavy atom. The second-order valence-corrected chi connectivity index (χ2v) is 15.1. The van der Waals surface area contributed by atoms with Gasteiger partial charge in [0, 0.05) is 37.0 Å². The number of rotatable bonds is 5. The molecule has 38 heavy (non-hydrogen) atoms. The smallest absolute Gasteiger partial charge is 0.243 e. The summed E-state index contributed by atoms with van der Waals surface area (Å²) in [5, 5.41) is 12.4. The van der Waals surface area contributed by atoms with E-state index in [1.54, 1.807) is 27.8 Å². The maximum atomic E-state index is 14.3. The molecule has 2 bridgehead atoms. The van der Waals surface area contributed by atoms with Gasteiger partial charge >= 0.3 is 0 Å². The lowest BCUT2D eigenvalue weighted by atomic mass is 9.59. The van der Waals surface area contributed by atoms with E-state index in [2.05, 4.69) is 24.8 Å². The van der Waals surface area contributed by atoms with Crippen LogP contribution in [0.1, 0.15) is 37.3 Å². The molecule has 2 aromatic carbocycles. The lowest BCUT2D eigenvalue weighted by molar-refractivity contribution is -0.119. The maximum absolute atomic E-state index is 14.3. The highest BCUT2D eigenvalue weighted by Crippen LogP contribution is 2.64. The topological polar surface area (TPSA) is 83.0 Å². The Labute approximate surface area is 228 Å². The van der Waals surface area contributed by atoms with Crippen molar-refractivity contribution in [1.82, 2.24) is 14.2 Å². The average Bonchev–Trinajstić information content (AvgIpc) is 3.49. The van der Waals surface area contributed by atoms with E-state index < -0.39 is 27.3 Å². The first-order valence-corrected chi connectivity index (χ1v) is 15.9. The quantitative estimate of drug-likeness (QED) is 0.514. The van der Waals surface area contributed by atoms with E-state index in [1.165, 1.54) is 4.70 Å². The van der Waals surface area contributed by atoms with Gasteiger partial charge in [-0.15, -0.1) is 11.3 Å². The molecule has 1 aliphatic carbocycles. The number of hydrogen-bond donors (Lipinski definition) is 1. The molecular weight excluding hydrogens is 518 g/mol. The van der Waals surface area contributed by atoms with Crippen LogP contribution in [-0.2, 0) is 21.3 Å². The van der Waals surface area contributed by atoms with E-state index in [-0.39, 0.29) is 23.9 Å². The number of para-hydroxylation sites is 1. The second kappa shape index (κ2) is 8.56. The first kappa shape index (κ1) is 25.1. The van der Waals surface area contributed by atoms with Gasteiger partial charge in [-0.1, -0.05) is 43.7 Å². The zero-order chi connectivity index (χ0) is 26.4. The van der Waals surface area contributed by atoms with Crippen molar-refractivity contribution in [3.05, 3.63) is 59.1 Å². The van der Waals surface area contributed by atoms with Crippen molar-refractivity contribution in [1.29, 1.82) is 0 Å². The molecule has 4 heterocycles. The molecule has 9 heteroatoms. The number of thiazole rings is 1. The third kappa shape index (κ3) is 3.45. The highest BCUT2D eigenvalue weighted by molar-refractivity contribution is 7.89. The number of aliphatic hydroxyl groups is 1. The summed E-state index contributed by atoms with van der Waals surface area (Å²) in [7, 11) is -3.76. The van der Waals surface area contributed by atoms with Gasteiger partial charge < -0.3 is 9.84 Å². The van der Waals surface area contributed by atoms with Gasteiger partial charge in [0.1, 0.15) is 10.6 Å². The molecule has 202 valence electrons. The van der Waals surface area contributed by atoms with Crippen molar-refractivity contribution in [2.75, 3.05) is 19.6 Å². The predicted molar refractivity (Wildman–Crippen MR) is 147 cm³/mol. The molecule has 1 saturated carbocycles. The maximum Gasteiger partial charge on any atom is 0.243 e. The lowest BCUT2D eigenvalue weighted by Gasteiger charge is -2.51. The van der Waals surface area contributed by atoms with Crippen molar-refractivity contribution in [2.24, 2.45) is 17.8 Å². The van der Waals surface area contributed by atoms with Crippen molar-refractivity contribution < 1.29 is 18.3 Å². The Morgan fingerprint density at radius 3 is 2.66 bits per heavy atom. The van der Waals surface area contributed by atoms with Crippen LogP contribution in [0.5, 0.6) is 0 Å². The van der Waals surface area contributed by atoms with Crippen LogP contribution in [-0.4, -0.2) is 70.7 Å². The molecule has 0 radical (unpaired) electrons.